The van der Waals surface area contributed by atoms with E-state index in [1.165, 1.54) is 32.1 Å². The molecule has 0 aromatic rings. The summed E-state index contributed by atoms with van der Waals surface area (Å²) in [5.41, 5.74) is -0.575. The van der Waals surface area contributed by atoms with Crippen LogP contribution in [0.5, 0.6) is 0 Å². The van der Waals surface area contributed by atoms with Crippen molar-refractivity contribution in [2.75, 3.05) is 31.6 Å². The molecule has 7 heteroatoms. The fraction of sp³-hybridized carbons (Fsp3) is 0.905. The molecular formula is C21H39N3O3S. The first-order valence-corrected chi connectivity index (χ1v) is 11.9. The van der Waals surface area contributed by atoms with Gasteiger partial charge in [-0.15, -0.1) is 0 Å². The van der Waals surface area contributed by atoms with Crippen LogP contribution in [0.25, 0.3) is 0 Å². The molecule has 1 atom stereocenters. The lowest BCUT2D eigenvalue weighted by atomic mass is 9.91. The number of hydrogen-bond acceptors (Lipinski definition) is 5. The third-order valence-electron chi connectivity index (χ3n) is 5.44. The third kappa shape index (κ3) is 9.03. The zero-order valence-corrected chi connectivity index (χ0v) is 18.9. The van der Waals surface area contributed by atoms with Crippen LogP contribution in [0, 0.1) is 5.92 Å². The van der Waals surface area contributed by atoms with Gasteiger partial charge in [0.2, 0.25) is 5.91 Å². The molecule has 6 nitrogen and oxygen atoms in total. The number of rotatable bonds is 7. The number of alkyl carbamates (subject to hydrolysis) is 1. The van der Waals surface area contributed by atoms with Crippen molar-refractivity contribution in [2.45, 2.75) is 83.4 Å². The summed E-state index contributed by atoms with van der Waals surface area (Å²) in [6.45, 7) is 7.48. The summed E-state index contributed by atoms with van der Waals surface area (Å²) >= 11 is 1.78. The molecule has 28 heavy (non-hydrogen) atoms. The second-order valence-electron chi connectivity index (χ2n) is 9.33. The zero-order chi connectivity index (χ0) is 20.6. The molecule has 0 aromatic carbocycles. The van der Waals surface area contributed by atoms with Crippen LogP contribution in [0.15, 0.2) is 0 Å². The predicted octanol–water partition coefficient (Wildman–Crippen LogP) is 3.40. The summed E-state index contributed by atoms with van der Waals surface area (Å²) in [4.78, 5) is 27.4. The molecule has 2 N–H and O–H groups in total. The molecule has 1 aliphatic carbocycles. The summed E-state index contributed by atoms with van der Waals surface area (Å²) in [5, 5.41) is 5.95. The van der Waals surface area contributed by atoms with E-state index in [-0.39, 0.29) is 11.9 Å². The molecule has 2 amide bonds. The minimum atomic E-state index is -0.575. The maximum Gasteiger partial charge on any atom is 0.408 e. The topological polar surface area (TPSA) is 70.7 Å². The smallest absolute Gasteiger partial charge is 0.408 e. The minimum Gasteiger partial charge on any atom is -0.444 e. The van der Waals surface area contributed by atoms with Gasteiger partial charge in [0.1, 0.15) is 11.6 Å². The maximum absolute atomic E-state index is 12.9. The van der Waals surface area contributed by atoms with E-state index in [0.717, 1.165) is 37.6 Å². The standard InChI is InChI=1S/C21H39N3O3S/c1-21(2,3)27-20(26)23-18(15-28-14-16-8-6-5-7-9-16)19(25)22-17-10-12-24(4)13-11-17/h16-18H,5-15H2,1-4H3,(H,22,25)(H,23,26)/t18-/m0/s1. The number of nitrogens with one attached hydrogen (secondary N) is 2. The molecular weight excluding hydrogens is 374 g/mol. The average molecular weight is 414 g/mol. The van der Waals surface area contributed by atoms with Crippen LogP contribution in [0.2, 0.25) is 0 Å². The van der Waals surface area contributed by atoms with Gasteiger partial charge >= 0.3 is 6.09 Å². The van der Waals surface area contributed by atoms with Crippen molar-refractivity contribution in [1.82, 2.24) is 15.5 Å². The number of carbonyl (C=O) groups excluding carboxylic acids is 2. The van der Waals surface area contributed by atoms with Crippen molar-refractivity contribution in [3.05, 3.63) is 0 Å². The molecule has 0 unspecified atom stereocenters. The van der Waals surface area contributed by atoms with Crippen LogP contribution in [-0.2, 0) is 9.53 Å². The first-order valence-electron chi connectivity index (χ1n) is 10.8. The van der Waals surface area contributed by atoms with E-state index in [9.17, 15) is 9.59 Å². The number of piperidine rings is 1. The highest BCUT2D eigenvalue weighted by Gasteiger charge is 2.27. The van der Waals surface area contributed by atoms with E-state index in [1.54, 1.807) is 11.8 Å². The zero-order valence-electron chi connectivity index (χ0n) is 18.1. The number of likely N-dealkylation sites (tertiary alicyclic amines) is 1. The Hall–Kier alpha value is -0.950. The van der Waals surface area contributed by atoms with Crippen LogP contribution in [-0.4, -0.2) is 66.2 Å². The second-order valence-corrected chi connectivity index (χ2v) is 10.4. The van der Waals surface area contributed by atoms with Gasteiger partial charge in [-0.05, 0) is 78.3 Å². The van der Waals surface area contributed by atoms with Crippen molar-refractivity contribution in [3.8, 4) is 0 Å². The maximum atomic E-state index is 12.9. The number of ether oxygens (including phenoxy) is 1. The number of amides is 2. The van der Waals surface area contributed by atoms with Gasteiger partial charge in [-0.1, -0.05) is 19.3 Å². The van der Waals surface area contributed by atoms with Crippen LogP contribution in [0.4, 0.5) is 4.79 Å². The Balaban J connectivity index is 1.86. The second kappa shape index (κ2) is 11.3. The molecule has 1 saturated heterocycles. The fourth-order valence-corrected chi connectivity index (χ4v) is 5.07. The van der Waals surface area contributed by atoms with Crippen molar-refractivity contribution in [3.63, 3.8) is 0 Å². The summed E-state index contributed by atoms with van der Waals surface area (Å²) in [6, 6.07) is -0.363. The highest BCUT2D eigenvalue weighted by Crippen LogP contribution is 2.27. The highest BCUT2D eigenvalue weighted by molar-refractivity contribution is 7.99. The number of nitrogens with zero attached hydrogens (tertiary/aromatic N) is 1. The van der Waals surface area contributed by atoms with Gasteiger partial charge in [0.15, 0.2) is 0 Å². The normalized spacial score (nSPS) is 21.1. The first-order chi connectivity index (χ1) is 13.2. The SMILES string of the molecule is CN1CCC(NC(=O)[C@H](CSCC2CCCCC2)NC(=O)OC(C)(C)C)CC1. The van der Waals surface area contributed by atoms with Crippen LogP contribution >= 0.6 is 11.8 Å². The number of thioether (sulfide) groups is 1. The average Bonchev–Trinajstić information content (AvgIpc) is 2.62. The molecule has 0 radical (unpaired) electrons. The predicted molar refractivity (Wildman–Crippen MR) is 116 cm³/mol. The molecule has 2 fully saturated rings. The van der Waals surface area contributed by atoms with Crippen molar-refractivity contribution < 1.29 is 14.3 Å². The Kier molecular flexibility index (Phi) is 9.41. The van der Waals surface area contributed by atoms with E-state index in [2.05, 4.69) is 22.6 Å². The van der Waals surface area contributed by atoms with E-state index in [0.29, 0.717) is 5.75 Å². The van der Waals surface area contributed by atoms with Gasteiger partial charge in [0.25, 0.3) is 0 Å². The van der Waals surface area contributed by atoms with Gasteiger partial charge in [-0.3, -0.25) is 4.79 Å². The molecule has 0 aromatic heterocycles. The lowest BCUT2D eigenvalue weighted by Crippen LogP contribution is -2.53. The van der Waals surface area contributed by atoms with Crippen molar-refractivity contribution >= 4 is 23.8 Å². The Labute approximate surface area is 174 Å². The Morgan fingerprint density at radius 1 is 1.11 bits per heavy atom. The Morgan fingerprint density at radius 2 is 1.75 bits per heavy atom. The summed E-state index contributed by atoms with van der Waals surface area (Å²) in [7, 11) is 2.10. The van der Waals surface area contributed by atoms with Crippen LogP contribution in [0.3, 0.4) is 0 Å². The third-order valence-corrected chi connectivity index (χ3v) is 6.71. The molecule has 162 valence electrons. The lowest BCUT2D eigenvalue weighted by Gasteiger charge is -2.31. The Bertz CT molecular complexity index is 496. The monoisotopic (exact) mass is 413 g/mol. The van der Waals surface area contributed by atoms with Crippen molar-refractivity contribution in [2.24, 2.45) is 5.92 Å². The molecule has 1 heterocycles. The Morgan fingerprint density at radius 3 is 2.36 bits per heavy atom. The van der Waals surface area contributed by atoms with Gasteiger partial charge in [0.05, 0.1) is 0 Å². The highest BCUT2D eigenvalue weighted by atomic mass is 32.2. The molecule has 2 rings (SSSR count). The van der Waals surface area contributed by atoms with E-state index < -0.39 is 17.7 Å². The van der Waals surface area contributed by atoms with Crippen LogP contribution in [0.1, 0.15) is 65.7 Å². The summed E-state index contributed by atoms with van der Waals surface area (Å²) in [6.07, 6.45) is 7.96. The molecule has 0 bridgehead atoms. The van der Waals surface area contributed by atoms with E-state index >= 15 is 0 Å². The number of hydrogen-bond donors (Lipinski definition) is 2. The number of carbonyl (C=O) groups is 2. The summed E-state index contributed by atoms with van der Waals surface area (Å²) < 4.78 is 5.37. The van der Waals surface area contributed by atoms with Gasteiger partial charge in [0, 0.05) is 11.8 Å². The quantitative estimate of drug-likeness (QED) is 0.669. The molecule has 0 spiro atoms. The van der Waals surface area contributed by atoms with Gasteiger partial charge in [-0.2, -0.15) is 11.8 Å². The van der Waals surface area contributed by atoms with Gasteiger partial charge in [-0.25, -0.2) is 4.79 Å². The fourth-order valence-electron chi connectivity index (χ4n) is 3.79. The lowest BCUT2D eigenvalue weighted by molar-refractivity contribution is -0.123. The molecule has 2 aliphatic rings. The van der Waals surface area contributed by atoms with Crippen LogP contribution < -0.4 is 10.6 Å². The van der Waals surface area contributed by atoms with E-state index in [1.807, 2.05) is 20.8 Å². The largest absolute Gasteiger partial charge is 0.444 e. The molecule has 1 aliphatic heterocycles. The summed E-state index contributed by atoms with van der Waals surface area (Å²) in [5.74, 6) is 2.32. The molecule has 1 saturated carbocycles. The van der Waals surface area contributed by atoms with Crippen molar-refractivity contribution in [1.29, 1.82) is 0 Å². The van der Waals surface area contributed by atoms with Gasteiger partial charge < -0.3 is 20.3 Å². The minimum absolute atomic E-state index is 0.0865. The van der Waals surface area contributed by atoms with E-state index in [4.69, 9.17) is 4.74 Å². The first kappa shape index (κ1) is 23.3.